The Hall–Kier alpha value is -4.89. The molecule has 1 heterocycles. The van der Waals surface area contributed by atoms with E-state index in [0.29, 0.717) is 24.0 Å². The number of methoxy groups -OCH3 is 1. The molecule has 20 heteroatoms. The van der Waals surface area contributed by atoms with Crippen LogP contribution in [0.5, 0.6) is 0 Å². The summed E-state index contributed by atoms with van der Waals surface area (Å²) in [5.74, 6) is -5.84. The molecule has 5 amide bonds. The van der Waals surface area contributed by atoms with E-state index in [2.05, 4.69) is 26.6 Å². The number of hydrogen-bond donors (Lipinski definition) is 10. The number of carboxylic acid groups (broad SMARTS) is 2. The van der Waals surface area contributed by atoms with Gasteiger partial charge >= 0.3 is 18.0 Å². The van der Waals surface area contributed by atoms with Gasteiger partial charge in [-0.25, -0.2) is 9.59 Å². The van der Waals surface area contributed by atoms with Crippen LogP contribution in [0.2, 0.25) is 0 Å². The van der Waals surface area contributed by atoms with Crippen LogP contribution >= 0.6 is 0 Å². The Kier molecular flexibility index (Phi) is 16.5. The first-order valence-corrected chi connectivity index (χ1v) is 18.1. The number of aliphatic hydroxyl groups excluding tert-OH is 3. The maximum atomic E-state index is 13.2. The zero-order chi connectivity index (χ0) is 41.9. The first-order chi connectivity index (χ1) is 26.2. The highest BCUT2D eigenvalue weighted by Crippen LogP contribution is 2.35. The first kappa shape index (κ1) is 45.5. The number of nitrogens with one attached hydrogen (secondary N) is 5. The van der Waals surface area contributed by atoms with Crippen molar-refractivity contribution in [2.75, 3.05) is 19.0 Å². The normalized spacial score (nSPS) is 25.4. The van der Waals surface area contributed by atoms with Crippen molar-refractivity contribution in [2.45, 2.75) is 127 Å². The molecular weight excluding hydrogens is 742 g/mol. The third-order valence-electron chi connectivity index (χ3n) is 9.69. The molecule has 3 rings (SSSR count). The Morgan fingerprint density at radius 2 is 1.57 bits per heavy atom. The van der Waals surface area contributed by atoms with Gasteiger partial charge in [-0.15, -0.1) is 0 Å². The van der Waals surface area contributed by atoms with E-state index in [1.165, 1.54) is 13.0 Å². The highest BCUT2D eigenvalue weighted by Gasteiger charge is 2.46. The van der Waals surface area contributed by atoms with Crippen molar-refractivity contribution in [3.8, 4) is 0 Å². The van der Waals surface area contributed by atoms with E-state index < -0.39 is 103 Å². The summed E-state index contributed by atoms with van der Waals surface area (Å²) in [6, 6.07) is 2.30. The number of hydrogen-bond acceptors (Lipinski definition) is 13. The van der Waals surface area contributed by atoms with Crippen molar-refractivity contribution in [1.29, 1.82) is 0 Å². The minimum atomic E-state index is -1.86. The summed E-state index contributed by atoms with van der Waals surface area (Å²) in [5, 5.41) is 61.8. The number of carbonyl (C=O) groups is 7. The van der Waals surface area contributed by atoms with Gasteiger partial charge < -0.3 is 66.3 Å². The molecule has 0 aromatic heterocycles. The van der Waals surface area contributed by atoms with E-state index in [0.717, 1.165) is 0 Å². The average Bonchev–Trinajstić information content (AvgIpc) is 3.12. The predicted molar refractivity (Wildman–Crippen MR) is 194 cm³/mol. The van der Waals surface area contributed by atoms with Gasteiger partial charge in [0.05, 0.1) is 24.7 Å². The van der Waals surface area contributed by atoms with Crippen LogP contribution in [-0.2, 0) is 56.0 Å². The van der Waals surface area contributed by atoms with Gasteiger partial charge in [0.15, 0.2) is 6.10 Å². The summed E-state index contributed by atoms with van der Waals surface area (Å²) in [6.45, 7) is 5.94. The van der Waals surface area contributed by atoms with E-state index in [9.17, 15) is 54.0 Å². The number of carbonyl (C=O) groups excluding carboxylic acids is 5. The topological polar surface area (TPSA) is 308 Å². The van der Waals surface area contributed by atoms with E-state index in [4.69, 9.17) is 19.3 Å². The quantitative estimate of drug-likeness (QED) is 0.0796. The standard InChI is InChI=1S/C36H53N5O15/c1-17(2)27(41-25(43)15-37-24(42)10-11-26(44)45)33(50)38-18(3)32(49)39-21-8-6-20(16-55-35(53)40-22-13-36(4,14-22)54-5)19(12-21)7-9-23-28(46)29(47)30(48)31(56-23)34(51)52/h6,8,12,17-18,22-23,27-31,46-48H,7,9-11,13-16H2,1-5H3,(H,37,42)(H,38,50)(H,39,49)(H,40,53)(H,41,43)(H,44,45)(H,51,52)/t18-,22?,23-,27-,28-,29+,30-,31-,36?/m0/s1. The molecule has 56 heavy (non-hydrogen) atoms. The molecule has 312 valence electrons. The highest BCUT2D eigenvalue weighted by atomic mass is 16.6. The van der Waals surface area contributed by atoms with Crippen molar-refractivity contribution in [1.82, 2.24) is 21.3 Å². The molecule has 7 atom stereocenters. The van der Waals surface area contributed by atoms with E-state index in [1.807, 2.05) is 6.92 Å². The van der Waals surface area contributed by atoms with Crippen molar-refractivity contribution < 1.29 is 73.3 Å². The maximum absolute atomic E-state index is 13.2. The van der Waals surface area contributed by atoms with Crippen LogP contribution in [0.1, 0.15) is 70.9 Å². The van der Waals surface area contributed by atoms with E-state index in [-0.39, 0.29) is 43.2 Å². The Bertz CT molecular complexity index is 1600. The molecular formula is C36H53N5O15. The summed E-state index contributed by atoms with van der Waals surface area (Å²) < 4.78 is 16.3. The summed E-state index contributed by atoms with van der Waals surface area (Å²) in [5.41, 5.74) is 0.899. The molecule has 1 aliphatic carbocycles. The second kappa shape index (κ2) is 20.3. The smallest absolute Gasteiger partial charge is 0.407 e. The third kappa shape index (κ3) is 13.1. The fourth-order valence-electron chi connectivity index (χ4n) is 6.24. The van der Waals surface area contributed by atoms with Gasteiger partial charge in [-0.3, -0.25) is 24.0 Å². The molecule has 0 radical (unpaired) electrons. The van der Waals surface area contributed by atoms with Crippen LogP contribution in [0.3, 0.4) is 0 Å². The van der Waals surface area contributed by atoms with Crippen LogP contribution in [-0.4, -0.2) is 135 Å². The number of alkyl carbamates (subject to hydrolysis) is 1. The van der Waals surface area contributed by atoms with Gasteiger partial charge in [0.1, 0.15) is 37.0 Å². The number of amides is 5. The highest BCUT2D eigenvalue weighted by molar-refractivity contribution is 5.98. The lowest BCUT2D eigenvalue weighted by Gasteiger charge is -2.43. The van der Waals surface area contributed by atoms with Gasteiger partial charge in [-0.1, -0.05) is 19.9 Å². The summed E-state index contributed by atoms with van der Waals surface area (Å²) in [4.78, 5) is 85.4. The number of carboxylic acids is 2. The number of aryl methyl sites for hydroxylation is 1. The molecule has 1 aromatic carbocycles. The lowest BCUT2D eigenvalue weighted by atomic mass is 9.77. The molecule has 0 bridgehead atoms. The molecule has 1 aromatic rings. The number of rotatable bonds is 19. The van der Waals surface area contributed by atoms with Gasteiger partial charge in [0, 0.05) is 25.3 Å². The number of anilines is 1. The van der Waals surface area contributed by atoms with Crippen LogP contribution in [0.15, 0.2) is 18.2 Å². The summed E-state index contributed by atoms with van der Waals surface area (Å²) in [6.07, 6.45) is -8.49. The molecule has 2 aliphatic rings. The zero-order valence-electron chi connectivity index (χ0n) is 31.9. The molecule has 1 aliphatic heterocycles. The molecule has 0 unspecified atom stereocenters. The second-order valence-electron chi connectivity index (χ2n) is 14.6. The largest absolute Gasteiger partial charge is 0.481 e. The van der Waals surface area contributed by atoms with Crippen molar-refractivity contribution in [3.05, 3.63) is 29.3 Å². The molecule has 1 saturated carbocycles. The summed E-state index contributed by atoms with van der Waals surface area (Å²) in [7, 11) is 1.59. The number of aliphatic carboxylic acids is 2. The maximum Gasteiger partial charge on any atom is 0.407 e. The minimum Gasteiger partial charge on any atom is -0.481 e. The lowest BCUT2D eigenvalue weighted by Crippen LogP contribution is -2.59. The third-order valence-corrected chi connectivity index (χ3v) is 9.69. The van der Waals surface area contributed by atoms with Crippen molar-refractivity contribution in [2.24, 2.45) is 5.92 Å². The van der Waals surface area contributed by atoms with Crippen LogP contribution in [0, 0.1) is 5.92 Å². The van der Waals surface area contributed by atoms with Gasteiger partial charge in [0.2, 0.25) is 23.6 Å². The number of aliphatic hydroxyl groups is 3. The molecule has 2 fully saturated rings. The molecule has 0 spiro atoms. The molecule has 20 nitrogen and oxygen atoms in total. The SMILES string of the molecule is COC1(C)CC(NC(=O)OCc2ccc(NC(=O)[C@H](C)NC(=O)[C@@H](NC(=O)CNC(=O)CCC(=O)O)C(C)C)cc2CC[C@@H]2O[C@H](C(=O)O)[C@@H](O)[C@H](O)[C@H]2O)C1. The Balaban J connectivity index is 1.68. The van der Waals surface area contributed by atoms with Gasteiger partial charge in [0.25, 0.3) is 0 Å². The Morgan fingerprint density at radius 1 is 0.893 bits per heavy atom. The predicted octanol–water partition coefficient (Wildman–Crippen LogP) is -1.09. The summed E-state index contributed by atoms with van der Waals surface area (Å²) >= 11 is 0. The molecule has 1 saturated heterocycles. The zero-order valence-corrected chi connectivity index (χ0v) is 31.9. The Morgan fingerprint density at radius 3 is 2.18 bits per heavy atom. The van der Waals surface area contributed by atoms with Gasteiger partial charge in [-0.2, -0.15) is 0 Å². The molecule has 10 N–H and O–H groups in total. The monoisotopic (exact) mass is 795 g/mol. The minimum absolute atomic E-state index is 0.0518. The lowest BCUT2D eigenvalue weighted by molar-refractivity contribution is -0.228. The number of ether oxygens (including phenoxy) is 3. The number of benzene rings is 1. The van der Waals surface area contributed by atoms with Crippen LogP contribution < -0.4 is 26.6 Å². The van der Waals surface area contributed by atoms with E-state index in [1.54, 1.807) is 33.1 Å². The fraction of sp³-hybridized carbons (Fsp3) is 0.639. The van der Waals surface area contributed by atoms with E-state index >= 15 is 0 Å². The van der Waals surface area contributed by atoms with Crippen LogP contribution in [0.25, 0.3) is 0 Å². The van der Waals surface area contributed by atoms with Crippen molar-refractivity contribution >= 4 is 47.3 Å². The Labute approximate surface area is 323 Å². The average molecular weight is 796 g/mol. The first-order valence-electron chi connectivity index (χ1n) is 18.1. The fourth-order valence-corrected chi connectivity index (χ4v) is 6.24. The van der Waals surface area contributed by atoms with Gasteiger partial charge in [-0.05, 0) is 68.7 Å². The van der Waals surface area contributed by atoms with Crippen LogP contribution in [0.4, 0.5) is 10.5 Å². The van der Waals surface area contributed by atoms with Crippen molar-refractivity contribution in [3.63, 3.8) is 0 Å². The second-order valence-corrected chi connectivity index (χ2v) is 14.6.